The van der Waals surface area contributed by atoms with E-state index in [-0.39, 0.29) is 31.5 Å². The number of ketones is 1. The number of rotatable bonds is 12. The van der Waals surface area contributed by atoms with E-state index in [9.17, 15) is 29.4 Å². The van der Waals surface area contributed by atoms with Crippen LogP contribution in [0.15, 0.2) is 13.2 Å². The van der Waals surface area contributed by atoms with Crippen LogP contribution in [-0.2, 0) is 32.0 Å². The predicted molar refractivity (Wildman–Crippen MR) is 202 cm³/mol. The highest BCUT2D eigenvalue weighted by atomic mass is 16.4. The molecule has 0 unspecified atom stereocenters. The minimum Gasteiger partial charge on any atom is -0.481 e. The van der Waals surface area contributed by atoms with E-state index < -0.39 is 29.9 Å². The van der Waals surface area contributed by atoms with Crippen molar-refractivity contribution in [1.29, 1.82) is 0 Å². The third kappa shape index (κ3) is 7.02. The predicted octanol–water partition coefficient (Wildman–Crippen LogP) is 1.97. The molecular formula is C40H46N6O6. The van der Waals surface area contributed by atoms with Gasteiger partial charge in [-0.2, -0.15) is 0 Å². The summed E-state index contributed by atoms with van der Waals surface area (Å²) in [6.45, 7) is 19.0. The molecule has 1 amide bonds. The van der Waals surface area contributed by atoms with E-state index in [4.69, 9.17) is 5.73 Å². The quantitative estimate of drug-likeness (QED) is 0.110. The fourth-order valence-electron chi connectivity index (χ4n) is 6.92. The second-order valence-corrected chi connectivity index (χ2v) is 13.4. The summed E-state index contributed by atoms with van der Waals surface area (Å²) in [4.78, 5) is 64.6. The number of carboxylic acid groups (broad SMARTS) is 2. The van der Waals surface area contributed by atoms with Gasteiger partial charge in [-0.05, 0) is 106 Å². The van der Waals surface area contributed by atoms with Crippen molar-refractivity contribution in [2.45, 2.75) is 79.3 Å². The minimum absolute atomic E-state index is 0.0867. The summed E-state index contributed by atoms with van der Waals surface area (Å²) >= 11 is 0. The van der Waals surface area contributed by atoms with Gasteiger partial charge in [-0.1, -0.05) is 25.3 Å². The van der Waals surface area contributed by atoms with Crippen molar-refractivity contribution in [1.82, 2.24) is 25.3 Å². The van der Waals surface area contributed by atoms with Gasteiger partial charge >= 0.3 is 11.9 Å². The molecule has 0 radical (unpaired) electrons. The second kappa shape index (κ2) is 14.8. The Morgan fingerprint density at radius 3 is 1.90 bits per heavy atom. The van der Waals surface area contributed by atoms with Crippen LogP contribution in [0, 0.1) is 27.7 Å². The maximum atomic E-state index is 14.6. The third-order valence-electron chi connectivity index (χ3n) is 9.93. The lowest BCUT2D eigenvalue weighted by Crippen LogP contribution is -2.46. The first kappa shape index (κ1) is 37.4. The lowest BCUT2D eigenvalue weighted by Gasteiger charge is -2.17. The summed E-state index contributed by atoms with van der Waals surface area (Å²) in [7, 11) is 0. The highest BCUT2D eigenvalue weighted by molar-refractivity contribution is 6.23. The summed E-state index contributed by atoms with van der Waals surface area (Å²) in [5, 5.41) is 24.5. The number of amides is 1. The van der Waals surface area contributed by atoms with Crippen LogP contribution >= 0.6 is 0 Å². The average molecular weight is 707 g/mol. The first-order valence-electron chi connectivity index (χ1n) is 17.2. The number of carboxylic acids is 2. The van der Waals surface area contributed by atoms with E-state index in [1.807, 2.05) is 45.9 Å². The number of H-pyrrole nitrogens is 4. The third-order valence-corrected chi connectivity index (χ3v) is 9.93. The number of nitrogens with two attached hydrogens (primary N) is 1. The molecule has 1 aliphatic rings. The molecule has 0 spiro atoms. The van der Waals surface area contributed by atoms with Gasteiger partial charge in [0.25, 0.3) is 0 Å². The maximum Gasteiger partial charge on any atom is 0.303 e. The van der Waals surface area contributed by atoms with Crippen LogP contribution in [0.25, 0.3) is 36.0 Å². The van der Waals surface area contributed by atoms with Crippen molar-refractivity contribution in [3.05, 3.63) is 102 Å². The average Bonchev–Trinajstić information content (AvgIpc) is 3.75. The van der Waals surface area contributed by atoms with Gasteiger partial charge in [0.1, 0.15) is 0 Å². The fraction of sp³-hybridized carbons (Fsp3) is 0.300. The molecule has 12 nitrogen and oxygen atoms in total. The molecule has 0 aromatic carbocycles. The largest absolute Gasteiger partial charge is 0.481 e. The smallest absolute Gasteiger partial charge is 0.303 e. The van der Waals surface area contributed by atoms with Crippen LogP contribution in [0.5, 0.6) is 0 Å². The summed E-state index contributed by atoms with van der Waals surface area (Å²) in [6.07, 6.45) is 9.49. The van der Waals surface area contributed by atoms with Gasteiger partial charge in [-0.25, -0.2) is 0 Å². The number of aromatic nitrogens is 4. The highest BCUT2D eigenvalue weighted by Gasteiger charge is 2.28. The molecule has 4 aromatic rings. The van der Waals surface area contributed by atoms with Crippen LogP contribution in [0.1, 0.15) is 94.0 Å². The molecular weight excluding hydrogens is 660 g/mol. The number of carbonyl (C=O) groups is 4. The van der Waals surface area contributed by atoms with Gasteiger partial charge in [0.2, 0.25) is 5.91 Å². The molecule has 0 saturated carbocycles. The first-order valence-corrected chi connectivity index (χ1v) is 17.2. The first-order chi connectivity index (χ1) is 24.6. The highest BCUT2D eigenvalue weighted by Crippen LogP contribution is 2.27. The Morgan fingerprint density at radius 1 is 0.731 bits per heavy atom. The Labute approximate surface area is 300 Å². The minimum atomic E-state index is -0.944. The topological polar surface area (TPSA) is 210 Å². The Hall–Kier alpha value is -5.88. The molecule has 5 heterocycles. The number of Topliss-reactive ketones (excluding diaryl/α,β-unsaturated/α-hetero) is 1. The van der Waals surface area contributed by atoms with E-state index in [1.165, 1.54) is 0 Å². The number of aliphatic carboxylic acids is 2. The normalized spacial score (nSPS) is 13.3. The second-order valence-electron chi connectivity index (χ2n) is 13.4. The molecule has 8 bridgehead atoms. The number of nitrogens with one attached hydrogen (secondary N) is 5. The SMILES string of the molecule is C=Cc1c2[nH]c(c1C)C(C(=O)[C@H](C)NC(=O)[C@H](C)N)=c1[nH]c(c(C)c1C=C)=Cc1[nH]c(c(CCC(=O)O)c1C)C=c1[nH]c(c(C)c1CCC(=O)O)=C2. The van der Waals surface area contributed by atoms with Crippen molar-refractivity contribution in [2.24, 2.45) is 5.73 Å². The molecule has 0 saturated heterocycles. The van der Waals surface area contributed by atoms with Gasteiger partial charge in [-0.3, -0.25) is 19.2 Å². The Kier molecular flexibility index (Phi) is 10.6. The Balaban J connectivity index is 1.97. The molecule has 5 rings (SSSR count). The summed E-state index contributed by atoms with van der Waals surface area (Å²) in [5.74, 6) is -2.69. The number of fused-ring (bicyclic) bond motifs is 8. The van der Waals surface area contributed by atoms with Gasteiger partial charge in [0, 0.05) is 57.1 Å². The van der Waals surface area contributed by atoms with E-state index in [0.717, 1.165) is 44.6 Å². The number of carbonyl (C=O) groups excluding carboxylic acids is 2. The van der Waals surface area contributed by atoms with Gasteiger partial charge in [0.05, 0.1) is 28.7 Å². The fourth-order valence-corrected chi connectivity index (χ4v) is 6.92. The zero-order valence-corrected chi connectivity index (χ0v) is 30.4. The number of hydrogen-bond acceptors (Lipinski definition) is 5. The van der Waals surface area contributed by atoms with Crippen molar-refractivity contribution < 1.29 is 29.4 Å². The van der Waals surface area contributed by atoms with Gasteiger partial charge < -0.3 is 41.2 Å². The Bertz CT molecular complexity index is 2410. The van der Waals surface area contributed by atoms with E-state index in [0.29, 0.717) is 49.6 Å². The molecule has 1 aliphatic heterocycles. The van der Waals surface area contributed by atoms with Crippen molar-refractivity contribution in [2.75, 3.05) is 0 Å². The van der Waals surface area contributed by atoms with Crippen molar-refractivity contribution in [3.63, 3.8) is 0 Å². The molecule has 4 aromatic heterocycles. The van der Waals surface area contributed by atoms with Crippen LogP contribution in [-0.4, -0.2) is 65.9 Å². The molecule has 12 heteroatoms. The standard InChI is InChI=1S/C40H46N6O6/c1-9-24-21(6)37-36(39(51)23(8)42-40(52)22(7)41)38-25(10-2)18(3)30(45-38)15-28-19(4)26(11-13-34(47)48)32(43-28)17-33-27(12-14-35(49)50)20(5)29(44-33)16-31(24)46-37/h9-10,15-17,22-23,43-46H,1-2,11-14,41H2,3-8H3,(H,42,52)(H,47,48)(H,49,50)/t22-,23-/m0/s1. The van der Waals surface area contributed by atoms with E-state index >= 15 is 0 Å². The molecule has 52 heavy (non-hydrogen) atoms. The summed E-state index contributed by atoms with van der Waals surface area (Å²) < 4.78 is 0. The van der Waals surface area contributed by atoms with Crippen LogP contribution < -0.4 is 32.4 Å². The van der Waals surface area contributed by atoms with E-state index in [1.54, 1.807) is 26.0 Å². The summed E-state index contributed by atoms with van der Waals surface area (Å²) in [5.41, 5.74) is 15.1. The monoisotopic (exact) mass is 706 g/mol. The number of hydrogen-bond donors (Lipinski definition) is 8. The Morgan fingerprint density at radius 2 is 1.31 bits per heavy atom. The summed E-state index contributed by atoms with van der Waals surface area (Å²) in [6, 6.07) is -1.77. The van der Waals surface area contributed by atoms with Crippen molar-refractivity contribution >= 4 is 59.6 Å². The van der Waals surface area contributed by atoms with Gasteiger partial charge in [0.15, 0.2) is 5.78 Å². The molecule has 2 atom stereocenters. The molecule has 0 aliphatic carbocycles. The van der Waals surface area contributed by atoms with Crippen molar-refractivity contribution in [3.8, 4) is 0 Å². The van der Waals surface area contributed by atoms with Gasteiger partial charge in [-0.15, -0.1) is 0 Å². The van der Waals surface area contributed by atoms with Crippen LogP contribution in [0.2, 0.25) is 0 Å². The maximum absolute atomic E-state index is 14.6. The molecule has 0 fully saturated rings. The van der Waals surface area contributed by atoms with Crippen LogP contribution in [0.4, 0.5) is 0 Å². The number of aromatic amines is 4. The molecule has 272 valence electrons. The lowest BCUT2D eigenvalue weighted by atomic mass is 9.96. The molecule has 9 N–H and O–H groups in total. The lowest BCUT2D eigenvalue weighted by molar-refractivity contribution is -0.138. The zero-order chi connectivity index (χ0) is 38.2. The van der Waals surface area contributed by atoms with Crippen LogP contribution in [0.3, 0.4) is 0 Å². The zero-order valence-electron chi connectivity index (χ0n) is 30.4. The van der Waals surface area contributed by atoms with E-state index in [2.05, 4.69) is 38.4 Å².